The van der Waals surface area contributed by atoms with Crippen molar-refractivity contribution >= 4 is 11.3 Å². The first-order chi connectivity index (χ1) is 8.19. The van der Waals surface area contributed by atoms with Gasteiger partial charge < -0.3 is 15.0 Å². The molecule has 0 saturated carbocycles. The third-order valence-corrected chi connectivity index (χ3v) is 4.17. The van der Waals surface area contributed by atoms with E-state index in [1.54, 1.807) is 11.3 Å². The quantitative estimate of drug-likeness (QED) is 0.868. The van der Waals surface area contributed by atoms with Crippen molar-refractivity contribution in [3.63, 3.8) is 0 Å². The molecule has 1 saturated heterocycles. The van der Waals surface area contributed by atoms with Crippen LogP contribution < -0.4 is 5.32 Å². The number of hydrogen-bond donors (Lipinski definition) is 1. The lowest BCUT2D eigenvalue weighted by molar-refractivity contribution is -0.0372. The molecule has 1 N–H and O–H groups in total. The van der Waals surface area contributed by atoms with Gasteiger partial charge in [-0.1, -0.05) is 0 Å². The van der Waals surface area contributed by atoms with Crippen LogP contribution in [0.15, 0.2) is 5.38 Å². The molecule has 0 aromatic carbocycles. The van der Waals surface area contributed by atoms with Gasteiger partial charge in [0.2, 0.25) is 0 Å². The first-order valence-corrected chi connectivity index (χ1v) is 6.95. The van der Waals surface area contributed by atoms with Gasteiger partial charge in [0.05, 0.1) is 17.7 Å². The second-order valence-electron chi connectivity index (χ2n) is 4.65. The summed E-state index contributed by atoms with van der Waals surface area (Å²) in [6.45, 7) is 4.90. The van der Waals surface area contributed by atoms with Crippen molar-refractivity contribution in [1.29, 1.82) is 0 Å². The van der Waals surface area contributed by atoms with E-state index in [9.17, 15) is 0 Å². The molecule has 1 aromatic rings. The molecule has 0 amide bonds. The Kier molecular flexibility index (Phi) is 4.50. The number of nitrogens with one attached hydrogen (secondary N) is 1. The molecular formula is C12H21N3OS. The zero-order chi connectivity index (χ0) is 12.3. The van der Waals surface area contributed by atoms with Crippen LogP contribution in [0.3, 0.4) is 0 Å². The second-order valence-corrected chi connectivity index (χ2v) is 5.60. The average Bonchev–Trinajstić information content (AvgIpc) is 2.72. The van der Waals surface area contributed by atoms with Crippen LogP contribution in [0, 0.1) is 6.92 Å². The Labute approximate surface area is 107 Å². The van der Waals surface area contributed by atoms with Crippen LogP contribution in [0.25, 0.3) is 0 Å². The van der Waals surface area contributed by atoms with Gasteiger partial charge in [0.15, 0.2) is 0 Å². The number of likely N-dealkylation sites (N-methyl/N-ethyl adjacent to an activating group) is 2. The number of aromatic nitrogens is 1. The minimum absolute atomic E-state index is 0.267. The van der Waals surface area contributed by atoms with Gasteiger partial charge >= 0.3 is 0 Å². The summed E-state index contributed by atoms with van der Waals surface area (Å²) in [5.74, 6) is 0. The van der Waals surface area contributed by atoms with Gasteiger partial charge in [-0.2, -0.15) is 0 Å². The van der Waals surface area contributed by atoms with E-state index in [0.717, 1.165) is 31.8 Å². The summed E-state index contributed by atoms with van der Waals surface area (Å²) in [7, 11) is 4.15. The van der Waals surface area contributed by atoms with Gasteiger partial charge in [0.25, 0.3) is 0 Å². The maximum absolute atomic E-state index is 5.85. The van der Waals surface area contributed by atoms with Gasteiger partial charge in [-0.3, -0.25) is 0 Å². The van der Waals surface area contributed by atoms with Crippen molar-refractivity contribution in [3.8, 4) is 0 Å². The Bertz CT molecular complexity index is 355. The molecule has 0 radical (unpaired) electrons. The predicted molar refractivity (Wildman–Crippen MR) is 70.6 cm³/mol. The molecule has 5 heteroatoms. The minimum atomic E-state index is 0.267. The fraction of sp³-hybridized carbons (Fsp3) is 0.750. The third-order valence-electron chi connectivity index (χ3n) is 3.18. The fourth-order valence-electron chi connectivity index (χ4n) is 2.16. The maximum atomic E-state index is 5.85. The fourth-order valence-corrected chi connectivity index (χ4v) is 2.99. The Balaban J connectivity index is 1.95. The van der Waals surface area contributed by atoms with Crippen molar-refractivity contribution in [1.82, 2.24) is 15.2 Å². The molecule has 96 valence electrons. The van der Waals surface area contributed by atoms with Crippen LogP contribution in [-0.4, -0.2) is 55.8 Å². The zero-order valence-corrected chi connectivity index (χ0v) is 11.6. The highest BCUT2D eigenvalue weighted by atomic mass is 32.1. The number of rotatable bonds is 4. The topological polar surface area (TPSA) is 37.4 Å². The van der Waals surface area contributed by atoms with Crippen LogP contribution in [-0.2, 0) is 11.2 Å². The average molecular weight is 255 g/mol. The number of hydrogen-bond acceptors (Lipinski definition) is 5. The molecule has 2 atom stereocenters. The molecule has 17 heavy (non-hydrogen) atoms. The predicted octanol–water partition coefficient (Wildman–Crippen LogP) is 0.913. The lowest BCUT2D eigenvalue weighted by Gasteiger charge is -2.34. The molecule has 4 nitrogen and oxygen atoms in total. The minimum Gasteiger partial charge on any atom is -0.374 e. The Morgan fingerprint density at radius 3 is 3.12 bits per heavy atom. The molecule has 2 unspecified atom stereocenters. The zero-order valence-electron chi connectivity index (χ0n) is 10.8. The van der Waals surface area contributed by atoms with Gasteiger partial charge in [0, 0.05) is 36.6 Å². The number of nitrogens with zero attached hydrogens (tertiary/aromatic N) is 2. The summed E-state index contributed by atoms with van der Waals surface area (Å²) >= 11 is 1.74. The van der Waals surface area contributed by atoms with E-state index in [0.29, 0.717) is 6.04 Å². The van der Waals surface area contributed by atoms with Crippen molar-refractivity contribution in [2.75, 3.05) is 33.8 Å². The van der Waals surface area contributed by atoms with Gasteiger partial charge in [-0.25, -0.2) is 4.98 Å². The van der Waals surface area contributed by atoms with Crippen molar-refractivity contribution < 1.29 is 4.74 Å². The maximum Gasteiger partial charge on any atom is 0.0944 e. The van der Waals surface area contributed by atoms with Crippen LogP contribution in [0.4, 0.5) is 0 Å². The Morgan fingerprint density at radius 2 is 2.53 bits per heavy atom. The number of thiazole rings is 1. The smallest absolute Gasteiger partial charge is 0.0944 e. The molecule has 1 aromatic heterocycles. The van der Waals surface area contributed by atoms with Crippen LogP contribution in [0.1, 0.15) is 10.7 Å². The van der Waals surface area contributed by atoms with E-state index < -0.39 is 0 Å². The molecular weight excluding hydrogens is 234 g/mol. The van der Waals surface area contributed by atoms with E-state index in [4.69, 9.17) is 4.74 Å². The third kappa shape index (κ3) is 3.48. The summed E-state index contributed by atoms with van der Waals surface area (Å²) in [5, 5.41) is 6.67. The summed E-state index contributed by atoms with van der Waals surface area (Å²) < 4.78 is 5.85. The van der Waals surface area contributed by atoms with Gasteiger partial charge in [-0.05, 0) is 21.0 Å². The lowest BCUT2D eigenvalue weighted by Crippen LogP contribution is -2.51. The van der Waals surface area contributed by atoms with Gasteiger partial charge in [-0.15, -0.1) is 11.3 Å². The summed E-state index contributed by atoms with van der Waals surface area (Å²) in [6, 6.07) is 0.350. The highest BCUT2D eigenvalue weighted by Gasteiger charge is 2.26. The Morgan fingerprint density at radius 1 is 1.71 bits per heavy atom. The molecule has 1 aliphatic heterocycles. The number of ether oxygens (including phenoxy) is 1. The van der Waals surface area contributed by atoms with Crippen LogP contribution in [0.2, 0.25) is 0 Å². The molecule has 2 rings (SSSR count). The normalized spacial score (nSPS) is 23.8. The SMILES string of the molecule is CNC(Cc1nc(C)cs1)C1CN(C)CCO1. The van der Waals surface area contributed by atoms with E-state index in [1.807, 2.05) is 14.0 Å². The Hall–Kier alpha value is -0.490. The highest BCUT2D eigenvalue weighted by molar-refractivity contribution is 7.09. The standard InChI is InChI=1S/C12H21N3OS/c1-9-8-17-12(14-9)6-10(13-2)11-7-15(3)4-5-16-11/h8,10-11,13H,4-7H2,1-3H3. The van der Waals surface area contributed by atoms with Crippen LogP contribution in [0.5, 0.6) is 0 Å². The van der Waals surface area contributed by atoms with E-state index in [2.05, 4.69) is 27.6 Å². The van der Waals surface area contributed by atoms with E-state index in [-0.39, 0.29) is 6.10 Å². The lowest BCUT2D eigenvalue weighted by atomic mass is 10.1. The largest absolute Gasteiger partial charge is 0.374 e. The number of morpholine rings is 1. The van der Waals surface area contributed by atoms with Crippen molar-refractivity contribution in [3.05, 3.63) is 16.1 Å². The molecule has 0 bridgehead atoms. The number of aryl methyl sites for hydroxylation is 1. The second kappa shape index (κ2) is 5.91. The summed E-state index contributed by atoms with van der Waals surface area (Å²) in [6.07, 6.45) is 1.22. The molecule has 2 heterocycles. The monoisotopic (exact) mass is 255 g/mol. The molecule has 0 aliphatic carbocycles. The molecule has 1 aliphatic rings. The molecule has 1 fully saturated rings. The summed E-state index contributed by atoms with van der Waals surface area (Å²) in [4.78, 5) is 6.85. The van der Waals surface area contributed by atoms with Crippen molar-refractivity contribution in [2.24, 2.45) is 0 Å². The molecule has 0 spiro atoms. The first-order valence-electron chi connectivity index (χ1n) is 6.07. The van der Waals surface area contributed by atoms with Crippen LogP contribution >= 0.6 is 11.3 Å². The van der Waals surface area contributed by atoms with Gasteiger partial charge in [0.1, 0.15) is 0 Å². The highest BCUT2D eigenvalue weighted by Crippen LogP contribution is 2.15. The summed E-state index contributed by atoms with van der Waals surface area (Å²) in [5.41, 5.74) is 1.11. The van der Waals surface area contributed by atoms with Crippen molar-refractivity contribution in [2.45, 2.75) is 25.5 Å². The first kappa shape index (κ1) is 13.0. The van der Waals surface area contributed by atoms with E-state index in [1.165, 1.54) is 5.01 Å². The van der Waals surface area contributed by atoms with E-state index >= 15 is 0 Å².